The largest absolute Gasteiger partial charge is 0.481 e. The maximum atomic E-state index is 10.7. The molecule has 0 aromatic heterocycles. The van der Waals surface area contributed by atoms with Gasteiger partial charge in [0.15, 0.2) is 0 Å². The summed E-state index contributed by atoms with van der Waals surface area (Å²) in [6.07, 6.45) is 4.75. The zero-order valence-corrected chi connectivity index (χ0v) is 12.7. The Hall–Kier alpha value is -1.39. The van der Waals surface area contributed by atoms with Crippen LogP contribution in [0, 0.1) is 5.41 Å². The van der Waals surface area contributed by atoms with Gasteiger partial charge >= 0.3 is 5.97 Å². The van der Waals surface area contributed by atoms with Crippen LogP contribution in [0.25, 0.3) is 0 Å². The molecule has 1 aromatic rings. The molecule has 0 heterocycles. The molecule has 0 radical (unpaired) electrons. The van der Waals surface area contributed by atoms with Gasteiger partial charge in [0.1, 0.15) is 0 Å². The van der Waals surface area contributed by atoms with Crippen LogP contribution in [-0.4, -0.2) is 41.3 Å². The topological polar surface area (TPSA) is 60.8 Å². The second kappa shape index (κ2) is 7.05. The molecular formula is C17H25NO3. The summed E-state index contributed by atoms with van der Waals surface area (Å²) in [6, 6.07) is 7.76. The van der Waals surface area contributed by atoms with Crippen molar-refractivity contribution in [2.24, 2.45) is 5.41 Å². The van der Waals surface area contributed by atoms with Crippen LogP contribution in [0.2, 0.25) is 0 Å². The molecule has 116 valence electrons. The summed E-state index contributed by atoms with van der Waals surface area (Å²) < 4.78 is 0. The Bertz CT molecular complexity index is 463. The Kier molecular flexibility index (Phi) is 5.37. The zero-order chi connectivity index (χ0) is 15.3. The Morgan fingerprint density at radius 3 is 2.29 bits per heavy atom. The van der Waals surface area contributed by atoms with Gasteiger partial charge in [0.05, 0.1) is 6.42 Å². The van der Waals surface area contributed by atoms with Crippen LogP contribution < -0.4 is 0 Å². The molecule has 1 aliphatic carbocycles. The second-order valence-electron chi connectivity index (χ2n) is 6.42. The molecule has 2 N–H and O–H groups in total. The summed E-state index contributed by atoms with van der Waals surface area (Å²) >= 11 is 0. The molecule has 1 aliphatic rings. The van der Waals surface area contributed by atoms with E-state index in [1.807, 2.05) is 24.3 Å². The number of benzene rings is 1. The van der Waals surface area contributed by atoms with Gasteiger partial charge in [-0.15, -0.1) is 0 Å². The molecule has 2 rings (SSSR count). The Morgan fingerprint density at radius 1 is 1.19 bits per heavy atom. The molecule has 1 fully saturated rings. The number of aliphatic carboxylic acids is 1. The van der Waals surface area contributed by atoms with Gasteiger partial charge in [-0.3, -0.25) is 4.79 Å². The van der Waals surface area contributed by atoms with Crippen LogP contribution in [0.3, 0.4) is 0 Å². The van der Waals surface area contributed by atoms with E-state index >= 15 is 0 Å². The average molecular weight is 291 g/mol. The van der Waals surface area contributed by atoms with E-state index in [4.69, 9.17) is 5.11 Å². The molecule has 0 unspecified atom stereocenters. The maximum absolute atomic E-state index is 10.7. The lowest BCUT2D eigenvalue weighted by molar-refractivity contribution is -0.136. The first-order chi connectivity index (χ1) is 10.0. The van der Waals surface area contributed by atoms with E-state index in [2.05, 4.69) is 11.9 Å². The van der Waals surface area contributed by atoms with Gasteiger partial charge in [-0.25, -0.2) is 0 Å². The minimum atomic E-state index is -0.800. The fraction of sp³-hybridized carbons (Fsp3) is 0.588. The normalized spacial score (nSPS) is 17.3. The van der Waals surface area contributed by atoms with E-state index in [9.17, 15) is 9.90 Å². The SMILES string of the molecule is CN(Cc1ccc(CC(=O)O)cc1)CC1(CO)CCCC1. The van der Waals surface area contributed by atoms with Crippen molar-refractivity contribution in [3.63, 3.8) is 0 Å². The fourth-order valence-corrected chi connectivity index (χ4v) is 3.37. The lowest BCUT2D eigenvalue weighted by Crippen LogP contribution is -2.36. The number of aliphatic hydroxyl groups is 1. The lowest BCUT2D eigenvalue weighted by Gasteiger charge is -2.31. The Labute approximate surface area is 126 Å². The predicted molar refractivity (Wildman–Crippen MR) is 82.1 cm³/mol. The van der Waals surface area contributed by atoms with Crippen LogP contribution in [-0.2, 0) is 17.8 Å². The van der Waals surface area contributed by atoms with Crippen LogP contribution in [0.1, 0.15) is 36.8 Å². The maximum Gasteiger partial charge on any atom is 0.307 e. The third kappa shape index (κ3) is 4.55. The van der Waals surface area contributed by atoms with E-state index in [0.29, 0.717) is 0 Å². The predicted octanol–water partition coefficient (Wildman–Crippen LogP) is 2.30. The van der Waals surface area contributed by atoms with Gasteiger partial charge in [0.2, 0.25) is 0 Å². The van der Waals surface area contributed by atoms with Gasteiger partial charge in [0.25, 0.3) is 0 Å². The van der Waals surface area contributed by atoms with Gasteiger partial charge in [-0.05, 0) is 31.0 Å². The fourth-order valence-electron chi connectivity index (χ4n) is 3.37. The minimum Gasteiger partial charge on any atom is -0.481 e. The van der Waals surface area contributed by atoms with Gasteiger partial charge in [-0.1, -0.05) is 37.1 Å². The number of nitrogens with zero attached hydrogens (tertiary/aromatic N) is 1. The van der Waals surface area contributed by atoms with Crippen molar-refractivity contribution >= 4 is 5.97 Å². The van der Waals surface area contributed by atoms with Crippen molar-refractivity contribution in [3.8, 4) is 0 Å². The standard InChI is InChI=1S/C17H25NO3/c1-18(12-17(13-19)8-2-3-9-17)11-15-6-4-14(5-7-15)10-16(20)21/h4-7,19H,2-3,8-13H2,1H3,(H,20,21). The smallest absolute Gasteiger partial charge is 0.307 e. The van der Waals surface area contributed by atoms with Crippen molar-refractivity contribution in [3.05, 3.63) is 35.4 Å². The summed E-state index contributed by atoms with van der Waals surface area (Å²) in [5, 5.41) is 18.4. The van der Waals surface area contributed by atoms with Crippen LogP contribution in [0.5, 0.6) is 0 Å². The number of carboxylic acid groups (broad SMARTS) is 1. The molecular weight excluding hydrogens is 266 g/mol. The third-order valence-corrected chi connectivity index (χ3v) is 4.44. The first-order valence-electron chi connectivity index (χ1n) is 7.62. The molecule has 0 aliphatic heterocycles. The first kappa shape index (κ1) is 16.0. The molecule has 4 heteroatoms. The summed E-state index contributed by atoms with van der Waals surface area (Å²) in [7, 11) is 2.08. The summed E-state index contributed by atoms with van der Waals surface area (Å²) in [5.74, 6) is -0.800. The number of aliphatic hydroxyl groups excluding tert-OH is 1. The monoisotopic (exact) mass is 291 g/mol. The molecule has 1 saturated carbocycles. The number of carboxylic acids is 1. The molecule has 21 heavy (non-hydrogen) atoms. The van der Waals surface area contributed by atoms with Crippen molar-refractivity contribution in [1.82, 2.24) is 4.90 Å². The number of hydrogen-bond acceptors (Lipinski definition) is 3. The van der Waals surface area contributed by atoms with Gasteiger partial charge < -0.3 is 15.1 Å². The van der Waals surface area contributed by atoms with E-state index in [1.54, 1.807) is 0 Å². The first-order valence-corrected chi connectivity index (χ1v) is 7.62. The number of rotatable bonds is 7. The second-order valence-corrected chi connectivity index (χ2v) is 6.42. The summed E-state index contributed by atoms with van der Waals surface area (Å²) in [6.45, 7) is 2.02. The molecule has 0 atom stereocenters. The minimum absolute atomic E-state index is 0.0732. The third-order valence-electron chi connectivity index (χ3n) is 4.44. The number of carbonyl (C=O) groups is 1. The Balaban J connectivity index is 1.90. The van der Waals surface area contributed by atoms with Crippen molar-refractivity contribution in [2.75, 3.05) is 20.2 Å². The highest BCUT2D eigenvalue weighted by Crippen LogP contribution is 2.38. The van der Waals surface area contributed by atoms with Crippen LogP contribution in [0.4, 0.5) is 0 Å². The van der Waals surface area contributed by atoms with E-state index in [1.165, 1.54) is 18.4 Å². The molecule has 0 bridgehead atoms. The summed E-state index contributed by atoms with van der Waals surface area (Å²) in [5.41, 5.74) is 2.09. The highest BCUT2D eigenvalue weighted by Gasteiger charge is 2.34. The molecule has 0 saturated heterocycles. The van der Waals surface area contributed by atoms with Crippen LogP contribution in [0.15, 0.2) is 24.3 Å². The van der Waals surface area contributed by atoms with Crippen molar-refractivity contribution < 1.29 is 15.0 Å². The van der Waals surface area contributed by atoms with E-state index < -0.39 is 5.97 Å². The summed E-state index contributed by atoms with van der Waals surface area (Å²) in [4.78, 5) is 12.9. The highest BCUT2D eigenvalue weighted by molar-refractivity contribution is 5.70. The quantitative estimate of drug-likeness (QED) is 0.809. The van der Waals surface area contributed by atoms with Gasteiger partial charge in [-0.2, -0.15) is 0 Å². The zero-order valence-electron chi connectivity index (χ0n) is 12.7. The van der Waals surface area contributed by atoms with E-state index in [0.717, 1.165) is 31.5 Å². The number of hydrogen-bond donors (Lipinski definition) is 2. The molecule has 4 nitrogen and oxygen atoms in total. The molecule has 0 amide bonds. The highest BCUT2D eigenvalue weighted by atomic mass is 16.4. The van der Waals surface area contributed by atoms with E-state index in [-0.39, 0.29) is 18.4 Å². The van der Waals surface area contributed by atoms with Crippen molar-refractivity contribution in [2.45, 2.75) is 38.6 Å². The molecule has 0 spiro atoms. The molecule has 1 aromatic carbocycles. The lowest BCUT2D eigenvalue weighted by atomic mass is 9.86. The average Bonchev–Trinajstić information content (AvgIpc) is 2.89. The Morgan fingerprint density at radius 2 is 1.76 bits per heavy atom. The van der Waals surface area contributed by atoms with Crippen LogP contribution >= 0.6 is 0 Å². The van der Waals surface area contributed by atoms with Crippen molar-refractivity contribution in [1.29, 1.82) is 0 Å². The van der Waals surface area contributed by atoms with Gasteiger partial charge in [0, 0.05) is 25.1 Å².